The third-order valence-electron chi connectivity index (χ3n) is 4.10. The molecule has 1 fully saturated rings. The summed E-state index contributed by atoms with van der Waals surface area (Å²) in [5.41, 5.74) is 5.71. The number of hydrogen-bond acceptors (Lipinski definition) is 5. The Kier molecular flexibility index (Phi) is 4.93. The van der Waals surface area contributed by atoms with E-state index in [1.165, 1.54) is 0 Å². The lowest BCUT2D eigenvalue weighted by molar-refractivity contribution is 0.0555. The third kappa shape index (κ3) is 3.34. The predicted molar refractivity (Wildman–Crippen MR) is 72.6 cm³/mol. The standard InChI is InChI=1S/C14H25N3O2/c1-9(2)12(18-3)13-16-14(19-17-13)11-6-4-10(8-15)5-7-11/h9-12H,4-8,15H2,1-3H3. The van der Waals surface area contributed by atoms with Crippen molar-refractivity contribution in [2.45, 2.75) is 51.6 Å². The largest absolute Gasteiger partial charge is 0.373 e. The number of nitrogens with zero attached hydrogens (tertiary/aromatic N) is 2. The molecule has 1 aromatic heterocycles. The van der Waals surface area contributed by atoms with Gasteiger partial charge in [0, 0.05) is 13.0 Å². The molecule has 0 saturated heterocycles. The number of methoxy groups -OCH3 is 1. The lowest BCUT2D eigenvalue weighted by Crippen LogP contribution is -2.20. The minimum atomic E-state index is -0.0853. The molecule has 0 radical (unpaired) electrons. The van der Waals surface area contributed by atoms with Crippen LogP contribution in [-0.4, -0.2) is 23.8 Å². The van der Waals surface area contributed by atoms with Gasteiger partial charge in [-0.05, 0) is 44.1 Å². The van der Waals surface area contributed by atoms with Crippen LogP contribution in [0, 0.1) is 11.8 Å². The molecule has 1 heterocycles. The topological polar surface area (TPSA) is 74.2 Å². The Morgan fingerprint density at radius 2 is 2.00 bits per heavy atom. The fourth-order valence-electron chi connectivity index (χ4n) is 2.85. The zero-order valence-electron chi connectivity index (χ0n) is 12.1. The Labute approximate surface area is 114 Å². The molecule has 0 amide bonds. The summed E-state index contributed by atoms with van der Waals surface area (Å²) in [6.07, 6.45) is 4.44. The average Bonchev–Trinajstić information content (AvgIpc) is 2.89. The summed E-state index contributed by atoms with van der Waals surface area (Å²) in [5, 5.41) is 4.09. The third-order valence-corrected chi connectivity index (χ3v) is 4.10. The molecule has 1 atom stereocenters. The van der Waals surface area contributed by atoms with Crippen LogP contribution in [0.15, 0.2) is 4.52 Å². The molecule has 0 aliphatic heterocycles. The van der Waals surface area contributed by atoms with E-state index in [9.17, 15) is 0 Å². The highest BCUT2D eigenvalue weighted by Crippen LogP contribution is 2.35. The predicted octanol–water partition coefficient (Wildman–Crippen LogP) is 2.65. The smallest absolute Gasteiger partial charge is 0.229 e. The molecule has 1 aromatic rings. The van der Waals surface area contributed by atoms with E-state index in [1.807, 2.05) is 0 Å². The quantitative estimate of drug-likeness (QED) is 0.887. The van der Waals surface area contributed by atoms with Gasteiger partial charge in [-0.15, -0.1) is 0 Å². The van der Waals surface area contributed by atoms with Crippen molar-refractivity contribution in [3.05, 3.63) is 11.7 Å². The maximum Gasteiger partial charge on any atom is 0.229 e. The van der Waals surface area contributed by atoms with Crippen molar-refractivity contribution < 1.29 is 9.26 Å². The minimum absolute atomic E-state index is 0.0853. The van der Waals surface area contributed by atoms with E-state index in [-0.39, 0.29) is 6.10 Å². The average molecular weight is 267 g/mol. The molecule has 0 spiro atoms. The molecule has 108 valence electrons. The Morgan fingerprint density at radius 3 is 2.53 bits per heavy atom. The van der Waals surface area contributed by atoms with E-state index in [0.717, 1.165) is 38.1 Å². The fraction of sp³-hybridized carbons (Fsp3) is 0.857. The van der Waals surface area contributed by atoms with E-state index in [4.69, 9.17) is 15.0 Å². The minimum Gasteiger partial charge on any atom is -0.373 e. The lowest BCUT2D eigenvalue weighted by Gasteiger charge is -2.25. The van der Waals surface area contributed by atoms with E-state index in [1.54, 1.807) is 7.11 Å². The Balaban J connectivity index is 2.01. The van der Waals surface area contributed by atoms with E-state index in [0.29, 0.717) is 23.6 Å². The molecule has 2 N–H and O–H groups in total. The summed E-state index contributed by atoms with van der Waals surface area (Å²) in [6.45, 7) is 4.98. The SMILES string of the molecule is COC(c1noc(C2CCC(CN)CC2)n1)C(C)C. The van der Waals surface area contributed by atoms with Crippen LogP contribution in [0.2, 0.25) is 0 Å². The van der Waals surface area contributed by atoms with Gasteiger partial charge in [0.05, 0.1) is 0 Å². The maximum atomic E-state index is 5.71. The van der Waals surface area contributed by atoms with Crippen molar-refractivity contribution in [2.24, 2.45) is 17.6 Å². The summed E-state index contributed by atoms with van der Waals surface area (Å²) < 4.78 is 10.9. The lowest BCUT2D eigenvalue weighted by atomic mass is 9.82. The Hall–Kier alpha value is -0.940. The van der Waals surface area contributed by atoms with Gasteiger partial charge in [-0.1, -0.05) is 19.0 Å². The molecule has 5 heteroatoms. The van der Waals surface area contributed by atoms with Crippen molar-refractivity contribution in [3.63, 3.8) is 0 Å². The van der Waals surface area contributed by atoms with E-state index in [2.05, 4.69) is 24.0 Å². The second-order valence-electron chi connectivity index (χ2n) is 5.84. The molecule has 1 aliphatic carbocycles. The molecule has 1 aliphatic rings. The van der Waals surface area contributed by atoms with Crippen LogP contribution in [0.5, 0.6) is 0 Å². The Morgan fingerprint density at radius 1 is 1.32 bits per heavy atom. The molecule has 19 heavy (non-hydrogen) atoms. The van der Waals surface area contributed by atoms with Crippen LogP contribution >= 0.6 is 0 Å². The van der Waals surface area contributed by atoms with Gasteiger partial charge in [0.15, 0.2) is 0 Å². The molecule has 2 rings (SSSR count). The molecule has 1 saturated carbocycles. The molecular formula is C14H25N3O2. The zero-order chi connectivity index (χ0) is 13.8. The van der Waals surface area contributed by atoms with Gasteiger partial charge in [0.25, 0.3) is 0 Å². The summed E-state index contributed by atoms with van der Waals surface area (Å²) in [4.78, 5) is 4.54. The first-order chi connectivity index (χ1) is 9.15. The fourth-order valence-corrected chi connectivity index (χ4v) is 2.85. The van der Waals surface area contributed by atoms with Gasteiger partial charge in [0.2, 0.25) is 11.7 Å². The van der Waals surface area contributed by atoms with Gasteiger partial charge < -0.3 is 15.0 Å². The molecule has 1 unspecified atom stereocenters. The van der Waals surface area contributed by atoms with Crippen LogP contribution in [-0.2, 0) is 4.74 Å². The summed E-state index contributed by atoms with van der Waals surface area (Å²) >= 11 is 0. The van der Waals surface area contributed by atoms with Crippen LogP contribution in [0.25, 0.3) is 0 Å². The van der Waals surface area contributed by atoms with Gasteiger partial charge in [0.1, 0.15) is 6.10 Å². The number of ether oxygens (including phenoxy) is 1. The van der Waals surface area contributed by atoms with Crippen LogP contribution in [0.4, 0.5) is 0 Å². The molecular weight excluding hydrogens is 242 g/mol. The van der Waals surface area contributed by atoms with Crippen LogP contribution in [0.1, 0.15) is 63.3 Å². The van der Waals surface area contributed by atoms with Crippen LogP contribution in [0.3, 0.4) is 0 Å². The maximum absolute atomic E-state index is 5.71. The highest BCUT2D eigenvalue weighted by atomic mass is 16.5. The van der Waals surface area contributed by atoms with E-state index < -0.39 is 0 Å². The first-order valence-electron chi connectivity index (χ1n) is 7.22. The van der Waals surface area contributed by atoms with Crippen molar-refractivity contribution in [3.8, 4) is 0 Å². The summed E-state index contributed by atoms with van der Waals surface area (Å²) in [7, 11) is 1.69. The van der Waals surface area contributed by atoms with Gasteiger partial charge in [-0.2, -0.15) is 4.98 Å². The molecule has 0 bridgehead atoms. The Bertz CT molecular complexity index is 384. The van der Waals surface area contributed by atoms with Crippen molar-refractivity contribution in [2.75, 3.05) is 13.7 Å². The zero-order valence-corrected chi connectivity index (χ0v) is 12.1. The first-order valence-corrected chi connectivity index (χ1v) is 7.22. The van der Waals surface area contributed by atoms with Gasteiger partial charge in [-0.25, -0.2) is 0 Å². The monoisotopic (exact) mass is 267 g/mol. The highest BCUT2D eigenvalue weighted by Gasteiger charge is 2.28. The second kappa shape index (κ2) is 6.48. The number of aromatic nitrogens is 2. The molecule has 0 aromatic carbocycles. The van der Waals surface area contributed by atoms with Crippen molar-refractivity contribution >= 4 is 0 Å². The van der Waals surface area contributed by atoms with Crippen molar-refractivity contribution in [1.82, 2.24) is 10.1 Å². The van der Waals surface area contributed by atoms with Crippen molar-refractivity contribution in [1.29, 1.82) is 0 Å². The number of hydrogen-bond donors (Lipinski definition) is 1. The summed E-state index contributed by atoms with van der Waals surface area (Å²) in [6, 6.07) is 0. The van der Waals surface area contributed by atoms with Gasteiger partial charge >= 0.3 is 0 Å². The number of nitrogens with two attached hydrogens (primary N) is 1. The first kappa shape index (κ1) is 14.5. The number of rotatable bonds is 5. The molecule has 5 nitrogen and oxygen atoms in total. The normalized spacial score (nSPS) is 25.7. The van der Waals surface area contributed by atoms with E-state index >= 15 is 0 Å². The van der Waals surface area contributed by atoms with Gasteiger partial charge in [-0.3, -0.25) is 0 Å². The van der Waals surface area contributed by atoms with Crippen LogP contribution < -0.4 is 5.73 Å². The second-order valence-corrected chi connectivity index (χ2v) is 5.84. The highest BCUT2D eigenvalue weighted by molar-refractivity contribution is 4.99. The summed E-state index contributed by atoms with van der Waals surface area (Å²) in [5.74, 6) is 2.85.